The fraction of sp³-hybridized carbons (Fsp3) is 0.400. The third-order valence-electron chi connectivity index (χ3n) is 7.28. The van der Waals surface area contributed by atoms with Gasteiger partial charge in [-0.15, -0.1) is 0 Å². The molecule has 3 aliphatic rings. The first-order chi connectivity index (χ1) is 17.6. The normalized spacial score (nSPS) is 19.3. The van der Waals surface area contributed by atoms with Gasteiger partial charge in [0.15, 0.2) is 10.8 Å². The van der Waals surface area contributed by atoms with Crippen molar-refractivity contribution >= 4 is 40.5 Å². The predicted octanol–water partition coefficient (Wildman–Crippen LogP) is 4.84. The summed E-state index contributed by atoms with van der Waals surface area (Å²) in [5.74, 6) is -1.87. The first kappa shape index (κ1) is 25.1. The monoisotopic (exact) mass is 531 g/mol. The lowest BCUT2D eigenvalue weighted by molar-refractivity contribution is -0.138. The summed E-state index contributed by atoms with van der Waals surface area (Å²) in [5.41, 5.74) is -3.44. The van der Waals surface area contributed by atoms with Crippen molar-refractivity contribution in [2.24, 2.45) is 0 Å². The van der Waals surface area contributed by atoms with E-state index in [1.54, 1.807) is 0 Å². The summed E-state index contributed by atoms with van der Waals surface area (Å²) in [6.45, 7) is 0. The van der Waals surface area contributed by atoms with Gasteiger partial charge in [-0.3, -0.25) is 14.5 Å². The number of aromatic nitrogens is 1. The van der Waals surface area contributed by atoms with Crippen LogP contribution in [0.3, 0.4) is 0 Å². The second-order valence-corrected chi connectivity index (χ2v) is 9.83. The van der Waals surface area contributed by atoms with Gasteiger partial charge in [-0.2, -0.15) is 18.4 Å². The molecular weight excluding hydrogens is 510 g/mol. The van der Waals surface area contributed by atoms with Gasteiger partial charge in [-0.1, -0.05) is 12.8 Å². The summed E-state index contributed by atoms with van der Waals surface area (Å²) in [6.07, 6.45) is 1.21. The average molecular weight is 532 g/mol. The number of carbonyl (C=O) groups excluding carboxylic acids is 2. The van der Waals surface area contributed by atoms with E-state index in [2.05, 4.69) is 10.3 Å². The van der Waals surface area contributed by atoms with E-state index < -0.39 is 40.6 Å². The van der Waals surface area contributed by atoms with Crippen molar-refractivity contribution in [1.82, 2.24) is 10.3 Å². The number of thiocarbonyl (C=S) groups is 1. The molecule has 2 aliphatic carbocycles. The molecule has 0 radical (unpaired) electrons. The second kappa shape index (κ2) is 9.06. The molecule has 1 N–H and O–H groups in total. The lowest BCUT2D eigenvalue weighted by Gasteiger charge is -2.43. The molecule has 1 aromatic carbocycles. The number of halogens is 4. The maximum Gasteiger partial charge on any atom is 0.419 e. The van der Waals surface area contributed by atoms with Crippen molar-refractivity contribution in [3.05, 3.63) is 53.1 Å². The predicted molar refractivity (Wildman–Crippen MR) is 129 cm³/mol. The molecule has 1 aromatic heterocycles. The van der Waals surface area contributed by atoms with Crippen molar-refractivity contribution in [3.8, 4) is 6.07 Å². The van der Waals surface area contributed by atoms with Gasteiger partial charge in [0.1, 0.15) is 17.4 Å². The van der Waals surface area contributed by atoms with Crippen LogP contribution in [0, 0.1) is 17.1 Å². The number of nitrogens with one attached hydrogen (secondary N) is 1. The zero-order valence-corrected chi connectivity index (χ0v) is 20.3. The van der Waals surface area contributed by atoms with Gasteiger partial charge in [0.05, 0.1) is 23.0 Å². The summed E-state index contributed by atoms with van der Waals surface area (Å²) < 4.78 is 55.7. The number of nitrogens with zero attached hydrogens (tertiary/aromatic N) is 4. The number of amides is 2. The maximum atomic E-state index is 15.1. The van der Waals surface area contributed by atoms with Gasteiger partial charge in [0.2, 0.25) is 0 Å². The SMILES string of the molecule is N#Cc1ncc(N2C(=O)C3(CCC3)N(c3ccc(C(=O)NC4CCCC4)c(F)c3)C2=S)cc1C(F)(F)F. The number of nitriles is 1. The number of hydrogen-bond donors (Lipinski definition) is 1. The molecule has 3 fully saturated rings. The molecule has 37 heavy (non-hydrogen) atoms. The van der Waals surface area contributed by atoms with Gasteiger partial charge in [0.25, 0.3) is 11.8 Å². The highest BCUT2D eigenvalue weighted by Crippen LogP contribution is 2.48. The quantitative estimate of drug-likeness (QED) is 0.449. The number of carbonyl (C=O) groups is 2. The molecule has 1 spiro atoms. The molecular formula is C25H21F4N5O2S. The highest BCUT2D eigenvalue weighted by atomic mass is 32.1. The van der Waals surface area contributed by atoms with E-state index in [4.69, 9.17) is 17.5 Å². The van der Waals surface area contributed by atoms with E-state index in [0.29, 0.717) is 25.3 Å². The van der Waals surface area contributed by atoms with Crippen molar-refractivity contribution in [3.63, 3.8) is 0 Å². The molecule has 12 heteroatoms. The van der Waals surface area contributed by atoms with Crippen LogP contribution >= 0.6 is 12.2 Å². The highest BCUT2D eigenvalue weighted by Gasteiger charge is 2.60. The van der Waals surface area contributed by atoms with E-state index in [1.165, 1.54) is 23.1 Å². The Kier molecular flexibility index (Phi) is 6.14. The van der Waals surface area contributed by atoms with E-state index in [-0.39, 0.29) is 28.1 Å². The maximum absolute atomic E-state index is 15.1. The molecule has 2 heterocycles. The zero-order chi connectivity index (χ0) is 26.5. The largest absolute Gasteiger partial charge is 0.419 e. The van der Waals surface area contributed by atoms with Crippen molar-refractivity contribution in [2.45, 2.75) is 62.7 Å². The molecule has 0 bridgehead atoms. The Morgan fingerprint density at radius 2 is 1.86 bits per heavy atom. The first-order valence-electron chi connectivity index (χ1n) is 11.8. The second-order valence-electron chi connectivity index (χ2n) is 9.46. The molecule has 5 rings (SSSR count). The minimum atomic E-state index is -4.87. The Hall–Kier alpha value is -3.59. The lowest BCUT2D eigenvalue weighted by Crippen LogP contribution is -2.55. The van der Waals surface area contributed by atoms with E-state index in [0.717, 1.165) is 42.8 Å². The van der Waals surface area contributed by atoms with Crippen LogP contribution in [0.2, 0.25) is 0 Å². The number of anilines is 2. The minimum Gasteiger partial charge on any atom is -0.349 e. The molecule has 192 valence electrons. The Morgan fingerprint density at radius 3 is 2.43 bits per heavy atom. The summed E-state index contributed by atoms with van der Waals surface area (Å²) in [4.78, 5) is 32.1. The molecule has 2 aromatic rings. The molecule has 0 unspecified atom stereocenters. The lowest BCUT2D eigenvalue weighted by atomic mass is 9.75. The van der Waals surface area contributed by atoms with Gasteiger partial charge in [0, 0.05) is 11.7 Å². The molecule has 2 saturated carbocycles. The van der Waals surface area contributed by atoms with Gasteiger partial charge >= 0.3 is 6.18 Å². The summed E-state index contributed by atoms with van der Waals surface area (Å²) in [7, 11) is 0. The summed E-state index contributed by atoms with van der Waals surface area (Å²) in [5, 5.41) is 11.7. The van der Waals surface area contributed by atoms with Crippen molar-refractivity contribution in [1.29, 1.82) is 5.26 Å². The molecule has 2 amide bonds. The van der Waals surface area contributed by atoms with Crippen LogP contribution in [0.4, 0.5) is 28.9 Å². The molecule has 7 nitrogen and oxygen atoms in total. The van der Waals surface area contributed by atoms with Crippen LogP contribution in [0.15, 0.2) is 30.5 Å². The van der Waals surface area contributed by atoms with E-state index in [1.807, 2.05) is 0 Å². The third kappa shape index (κ3) is 4.11. The van der Waals surface area contributed by atoms with Crippen LogP contribution in [-0.2, 0) is 11.0 Å². The Morgan fingerprint density at radius 1 is 1.16 bits per heavy atom. The van der Waals surface area contributed by atoms with Crippen LogP contribution in [0.25, 0.3) is 0 Å². The Bertz CT molecular complexity index is 1350. The minimum absolute atomic E-state index is 0.00443. The smallest absolute Gasteiger partial charge is 0.349 e. The number of rotatable bonds is 4. The van der Waals surface area contributed by atoms with Crippen LogP contribution in [-0.4, -0.2) is 33.5 Å². The third-order valence-corrected chi connectivity index (χ3v) is 7.65. The standard InChI is InChI=1S/C25H21F4N5O2S/c26-19-11-15(6-7-17(19)21(35)32-14-4-1-2-5-14)34-23(37)33(22(36)24(34)8-3-9-24)16-10-18(25(27,28)29)20(12-30)31-13-16/h6-7,10-11,13-14H,1-5,8-9H2,(H,32,35). The number of pyridine rings is 1. The fourth-order valence-electron chi connectivity index (χ4n) is 5.25. The van der Waals surface area contributed by atoms with Gasteiger partial charge < -0.3 is 10.2 Å². The highest BCUT2D eigenvalue weighted by molar-refractivity contribution is 7.81. The Labute approximate surface area is 215 Å². The Balaban J connectivity index is 1.49. The van der Waals surface area contributed by atoms with Crippen molar-refractivity contribution < 1.29 is 27.2 Å². The first-order valence-corrected chi connectivity index (χ1v) is 12.2. The number of alkyl halides is 3. The molecule has 0 atom stereocenters. The average Bonchev–Trinajstić information content (AvgIpc) is 3.41. The van der Waals surface area contributed by atoms with E-state index in [9.17, 15) is 22.8 Å². The number of benzene rings is 1. The molecule has 1 aliphatic heterocycles. The fourth-order valence-corrected chi connectivity index (χ4v) is 5.72. The summed E-state index contributed by atoms with van der Waals surface area (Å²) >= 11 is 5.53. The number of hydrogen-bond acceptors (Lipinski definition) is 5. The van der Waals surface area contributed by atoms with Gasteiger partial charge in [-0.05, 0) is 68.6 Å². The van der Waals surface area contributed by atoms with Crippen LogP contribution < -0.4 is 15.1 Å². The van der Waals surface area contributed by atoms with E-state index >= 15 is 4.39 Å². The topological polar surface area (TPSA) is 89.3 Å². The van der Waals surface area contributed by atoms with Gasteiger partial charge in [-0.25, -0.2) is 9.37 Å². The molecule has 1 saturated heterocycles. The van der Waals surface area contributed by atoms with Crippen LogP contribution in [0.5, 0.6) is 0 Å². The van der Waals surface area contributed by atoms with Crippen LogP contribution in [0.1, 0.15) is 66.6 Å². The zero-order valence-electron chi connectivity index (χ0n) is 19.4. The van der Waals surface area contributed by atoms with Crippen molar-refractivity contribution in [2.75, 3.05) is 9.80 Å². The summed E-state index contributed by atoms with van der Waals surface area (Å²) in [6, 6.07) is 6.00.